The molecule has 8 nitrogen and oxygen atoms in total. The minimum Gasteiger partial charge on any atom is -0.440 e. The second-order valence-corrected chi connectivity index (χ2v) is 8.99. The molecule has 5 rings (SSSR count). The van der Waals surface area contributed by atoms with Gasteiger partial charge in [0.1, 0.15) is 11.2 Å². The first-order chi connectivity index (χ1) is 17.0. The first-order valence-electron chi connectivity index (χ1n) is 11.4. The van der Waals surface area contributed by atoms with Gasteiger partial charge in [-0.15, -0.1) is 0 Å². The Morgan fingerprint density at radius 1 is 1.06 bits per heavy atom. The number of oxazole rings is 1. The minimum atomic E-state index is -0.428. The molecule has 0 radical (unpaired) electrons. The fourth-order valence-corrected chi connectivity index (χ4v) is 4.45. The number of nitro benzene ring substituents is 1. The third kappa shape index (κ3) is 5.12. The van der Waals surface area contributed by atoms with Gasteiger partial charge < -0.3 is 14.6 Å². The molecule has 2 heterocycles. The molecule has 0 spiro atoms. The Hall–Kier alpha value is -3.91. The molecule has 4 aromatic rings. The Balaban J connectivity index is 1.33. The number of halogens is 1. The highest BCUT2D eigenvalue weighted by Gasteiger charge is 2.23. The maximum absolute atomic E-state index is 12.9. The summed E-state index contributed by atoms with van der Waals surface area (Å²) in [5, 5.41) is 15.2. The van der Waals surface area contributed by atoms with Crippen molar-refractivity contribution in [1.82, 2.24) is 4.98 Å². The summed E-state index contributed by atoms with van der Waals surface area (Å²) in [6.07, 6.45) is 3.65. The molecule has 1 aliphatic rings. The molecule has 1 N–H and O–H groups in total. The molecule has 0 unspecified atom stereocenters. The number of hydrogen-bond acceptors (Lipinski definition) is 6. The lowest BCUT2D eigenvalue weighted by Gasteiger charge is -2.28. The van der Waals surface area contributed by atoms with E-state index in [2.05, 4.69) is 10.3 Å². The Labute approximate surface area is 206 Å². The van der Waals surface area contributed by atoms with Gasteiger partial charge in [0.05, 0.1) is 4.92 Å². The molecule has 35 heavy (non-hydrogen) atoms. The van der Waals surface area contributed by atoms with Gasteiger partial charge in [0.15, 0.2) is 11.5 Å². The van der Waals surface area contributed by atoms with Crippen LogP contribution >= 0.6 is 11.6 Å². The first-order valence-corrected chi connectivity index (χ1v) is 11.8. The largest absolute Gasteiger partial charge is 0.440 e. The summed E-state index contributed by atoms with van der Waals surface area (Å²) in [6, 6.07) is 17.3. The number of nitrogens with one attached hydrogen (secondary N) is 1. The van der Waals surface area contributed by atoms with Crippen molar-refractivity contribution in [1.29, 1.82) is 0 Å². The van der Waals surface area contributed by atoms with Gasteiger partial charge in [-0.05, 0) is 67.3 Å². The second kappa shape index (κ2) is 9.76. The SMILES string of the molecule is O=C(Nc1ccc2oc(Cc3ccc(Cl)cc3)nc2c1)c1ccc(N2CCCCC2)c([N+](=O)[O-])c1. The van der Waals surface area contributed by atoms with Crippen LogP contribution in [0.5, 0.6) is 0 Å². The van der Waals surface area contributed by atoms with Crippen LogP contribution in [0.1, 0.15) is 41.1 Å². The smallest absolute Gasteiger partial charge is 0.293 e. The predicted molar refractivity (Wildman–Crippen MR) is 135 cm³/mol. The van der Waals surface area contributed by atoms with E-state index in [9.17, 15) is 14.9 Å². The summed E-state index contributed by atoms with van der Waals surface area (Å²) in [4.78, 5) is 30.7. The second-order valence-electron chi connectivity index (χ2n) is 8.56. The van der Waals surface area contributed by atoms with Gasteiger partial charge >= 0.3 is 0 Å². The Kier molecular flexibility index (Phi) is 6.37. The van der Waals surface area contributed by atoms with Gasteiger partial charge in [-0.25, -0.2) is 4.98 Å². The lowest BCUT2D eigenvalue weighted by atomic mass is 10.1. The van der Waals surface area contributed by atoms with E-state index in [1.54, 1.807) is 30.3 Å². The molecule has 0 saturated carbocycles. The normalized spacial score (nSPS) is 13.7. The van der Waals surface area contributed by atoms with Crippen LogP contribution in [0.4, 0.5) is 17.1 Å². The van der Waals surface area contributed by atoms with Gasteiger partial charge in [-0.3, -0.25) is 14.9 Å². The van der Waals surface area contributed by atoms with E-state index >= 15 is 0 Å². The van der Waals surface area contributed by atoms with Gasteiger partial charge in [0.25, 0.3) is 11.6 Å². The number of rotatable bonds is 6. The van der Waals surface area contributed by atoms with Crippen molar-refractivity contribution >= 4 is 45.7 Å². The fourth-order valence-electron chi connectivity index (χ4n) is 4.32. The molecule has 1 saturated heterocycles. The van der Waals surface area contributed by atoms with Gasteiger partial charge in [-0.1, -0.05) is 23.7 Å². The molecule has 1 aromatic heterocycles. The maximum Gasteiger partial charge on any atom is 0.293 e. The molecule has 9 heteroatoms. The van der Waals surface area contributed by atoms with Crippen molar-refractivity contribution in [3.63, 3.8) is 0 Å². The zero-order valence-electron chi connectivity index (χ0n) is 18.9. The van der Waals surface area contributed by atoms with Crippen LogP contribution in [-0.2, 0) is 6.42 Å². The van der Waals surface area contributed by atoms with Crippen molar-refractivity contribution in [2.75, 3.05) is 23.3 Å². The molecule has 1 aliphatic heterocycles. The van der Waals surface area contributed by atoms with Crippen molar-refractivity contribution in [3.05, 3.63) is 92.8 Å². The quantitative estimate of drug-likeness (QED) is 0.254. The van der Waals surface area contributed by atoms with E-state index in [0.717, 1.165) is 37.9 Å². The number of nitrogens with zero attached hydrogens (tertiary/aromatic N) is 3. The molecule has 3 aromatic carbocycles. The number of hydrogen-bond donors (Lipinski definition) is 1. The number of carbonyl (C=O) groups is 1. The summed E-state index contributed by atoms with van der Waals surface area (Å²) in [5.41, 5.74) is 3.48. The maximum atomic E-state index is 12.9. The molecule has 1 amide bonds. The average molecular weight is 491 g/mol. The average Bonchev–Trinajstić information content (AvgIpc) is 3.27. The zero-order valence-corrected chi connectivity index (χ0v) is 19.6. The Bertz CT molecular complexity index is 1390. The molecular weight excluding hydrogens is 468 g/mol. The van der Waals surface area contributed by atoms with Crippen LogP contribution in [0.25, 0.3) is 11.1 Å². The molecule has 178 valence electrons. The Morgan fingerprint density at radius 2 is 1.83 bits per heavy atom. The summed E-state index contributed by atoms with van der Waals surface area (Å²) < 4.78 is 5.82. The standard InChI is InChI=1S/C26H23ClN4O4/c27-19-7-4-17(5-8-19)14-25-29-21-16-20(9-11-24(21)35-25)28-26(32)18-6-10-22(23(15-18)31(33)34)30-12-2-1-3-13-30/h4-11,15-16H,1-3,12-14H2,(H,28,32). The lowest BCUT2D eigenvalue weighted by molar-refractivity contribution is -0.384. The van der Waals surface area contributed by atoms with Crippen molar-refractivity contribution in [2.24, 2.45) is 0 Å². The minimum absolute atomic E-state index is 0.0571. The van der Waals surface area contributed by atoms with Crippen LogP contribution in [0.15, 0.2) is 65.1 Å². The number of amides is 1. The highest BCUT2D eigenvalue weighted by atomic mass is 35.5. The van der Waals surface area contributed by atoms with Gasteiger partial charge in [0.2, 0.25) is 0 Å². The molecule has 0 atom stereocenters. The Morgan fingerprint density at radius 3 is 2.57 bits per heavy atom. The zero-order chi connectivity index (χ0) is 24.4. The van der Waals surface area contributed by atoms with Gasteiger partial charge in [-0.2, -0.15) is 0 Å². The first kappa shape index (κ1) is 22.9. The van der Waals surface area contributed by atoms with Crippen LogP contribution in [0.3, 0.4) is 0 Å². The monoisotopic (exact) mass is 490 g/mol. The highest BCUT2D eigenvalue weighted by Crippen LogP contribution is 2.32. The number of benzene rings is 3. The highest BCUT2D eigenvalue weighted by molar-refractivity contribution is 6.30. The van der Waals surface area contributed by atoms with E-state index in [1.165, 1.54) is 6.07 Å². The summed E-state index contributed by atoms with van der Waals surface area (Å²) in [5.74, 6) is 0.122. The van der Waals surface area contributed by atoms with E-state index in [1.807, 2.05) is 29.2 Å². The summed E-state index contributed by atoms with van der Waals surface area (Å²) in [6.45, 7) is 1.56. The van der Waals surface area contributed by atoms with E-state index < -0.39 is 10.8 Å². The topological polar surface area (TPSA) is 102 Å². The van der Waals surface area contributed by atoms with Crippen LogP contribution in [-0.4, -0.2) is 28.9 Å². The lowest BCUT2D eigenvalue weighted by Crippen LogP contribution is -2.30. The number of anilines is 2. The van der Waals surface area contributed by atoms with Crippen LogP contribution in [0, 0.1) is 10.1 Å². The van der Waals surface area contributed by atoms with Gasteiger partial charge in [0, 0.05) is 41.9 Å². The number of nitro groups is 1. The van der Waals surface area contributed by atoms with E-state index in [0.29, 0.717) is 39.8 Å². The predicted octanol–water partition coefficient (Wildman–Crippen LogP) is 6.22. The molecule has 0 aliphatic carbocycles. The number of piperidine rings is 1. The molecule has 1 fully saturated rings. The summed E-state index contributed by atoms with van der Waals surface area (Å²) >= 11 is 5.94. The van der Waals surface area contributed by atoms with Crippen molar-refractivity contribution in [2.45, 2.75) is 25.7 Å². The van der Waals surface area contributed by atoms with Crippen molar-refractivity contribution < 1.29 is 14.1 Å². The molecule has 0 bridgehead atoms. The molecular formula is C26H23ClN4O4. The third-order valence-electron chi connectivity index (χ3n) is 6.09. The van der Waals surface area contributed by atoms with E-state index in [-0.39, 0.29) is 11.3 Å². The number of carbonyl (C=O) groups excluding carboxylic acids is 1. The third-order valence-corrected chi connectivity index (χ3v) is 6.34. The van der Waals surface area contributed by atoms with Crippen LogP contribution < -0.4 is 10.2 Å². The van der Waals surface area contributed by atoms with Crippen LogP contribution in [0.2, 0.25) is 5.02 Å². The summed E-state index contributed by atoms with van der Waals surface area (Å²) in [7, 11) is 0. The fraction of sp³-hybridized carbons (Fsp3) is 0.231. The number of aromatic nitrogens is 1. The van der Waals surface area contributed by atoms with E-state index in [4.69, 9.17) is 16.0 Å². The number of fused-ring (bicyclic) bond motifs is 1. The van der Waals surface area contributed by atoms with Crippen molar-refractivity contribution in [3.8, 4) is 0 Å².